The number of nitrogens with zero attached hydrogens (tertiary/aromatic N) is 2. The van der Waals surface area contributed by atoms with E-state index in [1.807, 2.05) is 17.5 Å². The first-order valence-electron chi connectivity index (χ1n) is 11.7. The fourth-order valence-corrected chi connectivity index (χ4v) is 5.34. The summed E-state index contributed by atoms with van der Waals surface area (Å²) in [6.07, 6.45) is 2.28. The molecule has 1 aliphatic rings. The number of halogens is 1. The highest BCUT2D eigenvalue weighted by Crippen LogP contribution is 2.34. The summed E-state index contributed by atoms with van der Waals surface area (Å²) in [7, 11) is 0. The molecule has 0 radical (unpaired) electrons. The monoisotopic (exact) mass is 504 g/mol. The molecule has 0 N–H and O–H groups in total. The fourth-order valence-electron chi connectivity index (χ4n) is 4.41. The van der Waals surface area contributed by atoms with Crippen molar-refractivity contribution in [1.82, 2.24) is 9.80 Å². The van der Waals surface area contributed by atoms with Crippen molar-refractivity contribution in [2.24, 2.45) is 0 Å². The normalized spacial score (nSPS) is 14.8. The highest BCUT2D eigenvalue weighted by atomic mass is 32.1. The zero-order valence-corrected chi connectivity index (χ0v) is 20.3. The number of amides is 2. The van der Waals surface area contributed by atoms with E-state index in [0.29, 0.717) is 23.6 Å². The van der Waals surface area contributed by atoms with Gasteiger partial charge in [-0.25, -0.2) is 4.39 Å². The minimum absolute atomic E-state index is 0.107. The average Bonchev–Trinajstić information content (AvgIpc) is 3.59. The van der Waals surface area contributed by atoms with Gasteiger partial charge < -0.3 is 19.0 Å². The van der Waals surface area contributed by atoms with Gasteiger partial charge in [0.15, 0.2) is 0 Å². The van der Waals surface area contributed by atoms with Gasteiger partial charge in [0.25, 0.3) is 5.91 Å². The van der Waals surface area contributed by atoms with Gasteiger partial charge in [-0.15, -0.1) is 11.3 Å². The molecule has 0 saturated carbocycles. The lowest BCUT2D eigenvalue weighted by molar-refractivity contribution is -0.135. The number of ether oxygens (including phenoxy) is 1. The molecule has 0 fully saturated rings. The molecule has 3 heterocycles. The number of carbonyl (C=O) groups excluding carboxylic acids is 2. The highest BCUT2D eigenvalue weighted by molar-refractivity contribution is 7.10. The molecule has 4 aromatic rings. The summed E-state index contributed by atoms with van der Waals surface area (Å²) in [5.41, 5.74) is 1.53. The molecule has 184 valence electrons. The number of furan rings is 1. The van der Waals surface area contributed by atoms with E-state index >= 15 is 0 Å². The van der Waals surface area contributed by atoms with E-state index in [1.165, 1.54) is 21.9 Å². The third-order valence-electron chi connectivity index (χ3n) is 6.18. The molecule has 0 saturated heterocycles. The van der Waals surface area contributed by atoms with Crippen molar-refractivity contribution in [3.8, 4) is 5.75 Å². The van der Waals surface area contributed by atoms with Crippen LogP contribution in [-0.2, 0) is 17.8 Å². The Labute approximate surface area is 212 Å². The van der Waals surface area contributed by atoms with Gasteiger partial charge in [0.05, 0.1) is 18.8 Å². The third kappa shape index (κ3) is 5.33. The van der Waals surface area contributed by atoms with Crippen LogP contribution in [0.15, 0.2) is 88.9 Å². The molecule has 8 heteroatoms. The third-order valence-corrected chi connectivity index (χ3v) is 7.18. The summed E-state index contributed by atoms with van der Waals surface area (Å²) >= 11 is 1.66. The molecule has 0 spiro atoms. The van der Waals surface area contributed by atoms with Crippen LogP contribution in [-0.4, -0.2) is 41.3 Å². The van der Waals surface area contributed by atoms with Crippen LogP contribution in [0, 0.1) is 5.82 Å². The average molecular weight is 505 g/mol. The van der Waals surface area contributed by atoms with Crippen LogP contribution in [0.5, 0.6) is 5.75 Å². The smallest absolute Gasteiger partial charge is 0.254 e. The number of carbonyl (C=O) groups is 2. The lowest BCUT2D eigenvalue weighted by atomic mass is 10.0. The van der Waals surface area contributed by atoms with Gasteiger partial charge in [0.1, 0.15) is 30.5 Å². The molecule has 1 atom stereocenters. The Hall–Kier alpha value is -3.91. The minimum Gasteiger partial charge on any atom is -0.491 e. The van der Waals surface area contributed by atoms with Gasteiger partial charge in [-0.2, -0.15) is 0 Å². The number of rotatable bonds is 8. The van der Waals surface area contributed by atoms with Crippen molar-refractivity contribution in [3.05, 3.63) is 112 Å². The Morgan fingerprint density at radius 2 is 1.94 bits per heavy atom. The minimum atomic E-state index is -0.381. The van der Waals surface area contributed by atoms with E-state index in [-0.39, 0.29) is 43.4 Å². The molecule has 5 rings (SSSR count). The second-order valence-corrected chi connectivity index (χ2v) is 9.53. The molecule has 0 unspecified atom stereocenters. The molecule has 6 nitrogen and oxygen atoms in total. The highest BCUT2D eigenvalue weighted by Gasteiger charge is 2.34. The van der Waals surface area contributed by atoms with E-state index in [0.717, 1.165) is 12.0 Å². The topological polar surface area (TPSA) is 63.0 Å². The van der Waals surface area contributed by atoms with Crippen LogP contribution >= 0.6 is 11.3 Å². The van der Waals surface area contributed by atoms with Crippen LogP contribution in [0.25, 0.3) is 0 Å². The molecule has 0 aliphatic carbocycles. The van der Waals surface area contributed by atoms with Crippen LogP contribution in [0.3, 0.4) is 0 Å². The number of fused-ring (bicyclic) bond motifs is 1. The fraction of sp³-hybridized carbons (Fsp3) is 0.214. The van der Waals surface area contributed by atoms with E-state index in [1.54, 1.807) is 71.0 Å². The summed E-state index contributed by atoms with van der Waals surface area (Å²) < 4.78 is 25.0. The van der Waals surface area contributed by atoms with Crippen molar-refractivity contribution in [3.63, 3.8) is 0 Å². The number of benzene rings is 2. The Morgan fingerprint density at radius 3 is 2.72 bits per heavy atom. The van der Waals surface area contributed by atoms with E-state index in [4.69, 9.17) is 9.15 Å². The maximum Gasteiger partial charge on any atom is 0.254 e. The summed E-state index contributed by atoms with van der Waals surface area (Å²) in [5, 5.41) is 2.01. The number of hydrogen-bond donors (Lipinski definition) is 0. The van der Waals surface area contributed by atoms with E-state index in [9.17, 15) is 14.0 Å². The summed E-state index contributed by atoms with van der Waals surface area (Å²) in [6, 6.07) is 20.1. The predicted octanol–water partition coefficient (Wildman–Crippen LogP) is 5.33. The first kappa shape index (κ1) is 23.8. The van der Waals surface area contributed by atoms with Gasteiger partial charge in [-0.05, 0) is 59.8 Å². The first-order chi connectivity index (χ1) is 17.6. The molecule has 36 heavy (non-hydrogen) atoms. The Kier molecular flexibility index (Phi) is 7.13. The Bertz CT molecular complexity index is 1320. The van der Waals surface area contributed by atoms with Crippen molar-refractivity contribution < 1.29 is 23.1 Å². The molecule has 2 aromatic carbocycles. The lowest BCUT2D eigenvalue weighted by Gasteiger charge is -2.37. The molecule has 0 bridgehead atoms. The molecule has 1 aliphatic heterocycles. The second-order valence-electron chi connectivity index (χ2n) is 8.53. The van der Waals surface area contributed by atoms with Crippen LogP contribution in [0.2, 0.25) is 0 Å². The Balaban J connectivity index is 1.37. The van der Waals surface area contributed by atoms with Gasteiger partial charge in [-0.1, -0.05) is 24.3 Å². The van der Waals surface area contributed by atoms with Gasteiger partial charge in [0, 0.05) is 23.1 Å². The van der Waals surface area contributed by atoms with Crippen molar-refractivity contribution >= 4 is 23.2 Å². The Morgan fingerprint density at radius 1 is 1.08 bits per heavy atom. The van der Waals surface area contributed by atoms with Crippen LogP contribution in [0.1, 0.15) is 32.6 Å². The van der Waals surface area contributed by atoms with Gasteiger partial charge in [-0.3, -0.25) is 9.59 Å². The number of thiophene rings is 1. The standard InChI is InChI=1S/C28H25FN2O4S/c29-21-8-4-9-22(16-21)35-19-25-24-12-15-36-26(24)11-13-31(25)27(32)18-30(17-23-10-5-14-34-23)28(33)20-6-2-1-3-7-20/h1-10,12,14-16,25H,11,13,17-19H2/t25-/m1/s1. The molecule has 2 aromatic heterocycles. The maximum absolute atomic E-state index is 13.7. The maximum atomic E-state index is 13.7. The van der Waals surface area contributed by atoms with E-state index in [2.05, 4.69) is 0 Å². The van der Waals surface area contributed by atoms with Crippen LogP contribution in [0.4, 0.5) is 4.39 Å². The van der Waals surface area contributed by atoms with Crippen molar-refractivity contribution in [1.29, 1.82) is 0 Å². The summed E-state index contributed by atoms with van der Waals surface area (Å²) in [4.78, 5) is 31.5. The second kappa shape index (κ2) is 10.8. The zero-order chi connectivity index (χ0) is 24.9. The zero-order valence-electron chi connectivity index (χ0n) is 19.5. The molecular weight excluding hydrogens is 479 g/mol. The molecule has 2 amide bonds. The van der Waals surface area contributed by atoms with Crippen LogP contribution < -0.4 is 4.74 Å². The van der Waals surface area contributed by atoms with Crippen molar-refractivity contribution in [2.75, 3.05) is 19.7 Å². The summed E-state index contributed by atoms with van der Waals surface area (Å²) in [5.74, 6) is 0.185. The van der Waals surface area contributed by atoms with Gasteiger partial charge in [0.2, 0.25) is 5.91 Å². The number of hydrogen-bond acceptors (Lipinski definition) is 5. The first-order valence-corrected chi connectivity index (χ1v) is 12.6. The lowest BCUT2D eigenvalue weighted by Crippen LogP contribution is -2.47. The quantitative estimate of drug-likeness (QED) is 0.326. The summed E-state index contributed by atoms with van der Waals surface area (Å²) in [6.45, 7) is 0.764. The predicted molar refractivity (Wildman–Crippen MR) is 134 cm³/mol. The molecular formula is C28H25FN2O4S. The SMILES string of the molecule is O=C(c1ccccc1)N(CC(=O)N1CCc2sccc2[C@H]1COc1cccc(F)c1)Cc1ccco1. The van der Waals surface area contributed by atoms with Gasteiger partial charge >= 0.3 is 0 Å². The van der Waals surface area contributed by atoms with Crippen molar-refractivity contribution in [2.45, 2.75) is 19.0 Å². The van der Waals surface area contributed by atoms with E-state index < -0.39 is 0 Å². The largest absolute Gasteiger partial charge is 0.491 e.